The maximum atomic E-state index is 12.7. The first kappa shape index (κ1) is 25.1. The summed E-state index contributed by atoms with van der Waals surface area (Å²) in [6.45, 7) is 2.64. The molecular formula is C29H25BrN2O4. The average molecular weight is 545 g/mol. The van der Waals surface area contributed by atoms with Crippen LogP contribution in [0.1, 0.15) is 34.8 Å². The second kappa shape index (κ2) is 12.1. The van der Waals surface area contributed by atoms with E-state index in [-0.39, 0.29) is 12.3 Å². The monoisotopic (exact) mass is 544 g/mol. The van der Waals surface area contributed by atoms with E-state index in [0.717, 1.165) is 27.2 Å². The number of hydrazone groups is 1. The summed E-state index contributed by atoms with van der Waals surface area (Å²) >= 11 is 3.42. The van der Waals surface area contributed by atoms with Crippen LogP contribution in [0.2, 0.25) is 0 Å². The number of esters is 1. The summed E-state index contributed by atoms with van der Waals surface area (Å²) in [4.78, 5) is 25.2. The number of nitrogens with zero attached hydrogens (tertiary/aromatic N) is 1. The smallest absolute Gasteiger partial charge is 0.343 e. The molecule has 0 bridgehead atoms. The number of nitrogens with one attached hydrogen (secondary N) is 1. The Kier molecular flexibility index (Phi) is 8.47. The van der Waals surface area contributed by atoms with Gasteiger partial charge >= 0.3 is 5.97 Å². The van der Waals surface area contributed by atoms with Gasteiger partial charge in [-0.3, -0.25) is 4.79 Å². The SMILES string of the molecule is CCCOc1ccc(C(=O)Oc2ccc(Br)cc2/C=N\NC(=O)Cc2cccc3ccccc23)cc1. The molecule has 0 aromatic heterocycles. The second-order valence-corrected chi connectivity index (χ2v) is 8.97. The zero-order chi connectivity index (χ0) is 25.3. The molecule has 0 spiro atoms. The van der Waals surface area contributed by atoms with Crippen molar-refractivity contribution in [2.45, 2.75) is 19.8 Å². The van der Waals surface area contributed by atoms with E-state index in [9.17, 15) is 9.59 Å². The number of fused-ring (bicyclic) bond motifs is 1. The number of hydrogen-bond donors (Lipinski definition) is 1. The zero-order valence-electron chi connectivity index (χ0n) is 19.7. The molecule has 4 aromatic rings. The zero-order valence-corrected chi connectivity index (χ0v) is 21.3. The number of halogens is 1. The molecule has 6 nitrogen and oxygen atoms in total. The largest absolute Gasteiger partial charge is 0.494 e. The lowest BCUT2D eigenvalue weighted by atomic mass is 10.0. The Bertz CT molecular complexity index is 1400. The Hall–Kier alpha value is -3.97. The third-order valence-electron chi connectivity index (χ3n) is 5.36. The van der Waals surface area contributed by atoms with E-state index in [1.54, 1.807) is 42.5 Å². The van der Waals surface area contributed by atoms with Crippen LogP contribution >= 0.6 is 15.9 Å². The molecule has 0 aliphatic rings. The average Bonchev–Trinajstić information content (AvgIpc) is 2.89. The highest BCUT2D eigenvalue weighted by Crippen LogP contribution is 2.24. The Morgan fingerprint density at radius 1 is 0.972 bits per heavy atom. The van der Waals surface area contributed by atoms with Crippen molar-refractivity contribution in [1.82, 2.24) is 5.43 Å². The van der Waals surface area contributed by atoms with Gasteiger partial charge < -0.3 is 9.47 Å². The molecule has 1 amide bonds. The van der Waals surface area contributed by atoms with Crippen LogP contribution in [0.15, 0.2) is 94.5 Å². The first-order chi connectivity index (χ1) is 17.5. The Morgan fingerprint density at radius 2 is 1.75 bits per heavy atom. The Balaban J connectivity index is 1.41. The van der Waals surface area contributed by atoms with Crippen molar-refractivity contribution in [3.63, 3.8) is 0 Å². The predicted octanol–water partition coefficient (Wildman–Crippen LogP) is 6.30. The summed E-state index contributed by atoms with van der Waals surface area (Å²) in [5.74, 6) is 0.265. The molecule has 0 aliphatic heterocycles. The van der Waals surface area contributed by atoms with Crippen LogP contribution in [0, 0.1) is 0 Å². The summed E-state index contributed by atoms with van der Waals surface area (Å²) in [5.41, 5.74) is 4.41. The van der Waals surface area contributed by atoms with E-state index in [1.807, 2.05) is 49.4 Å². The standard InChI is InChI=1S/C29H25BrN2O4/c1-2-16-35-25-13-10-21(11-14-25)29(34)36-27-15-12-24(30)17-23(27)19-31-32-28(33)18-22-8-5-7-20-6-3-4-9-26(20)22/h3-15,17,19H,2,16,18H2,1H3,(H,32,33)/b31-19-. The van der Waals surface area contributed by atoms with Gasteiger partial charge in [-0.25, -0.2) is 10.2 Å². The van der Waals surface area contributed by atoms with Crippen LogP contribution in [0.4, 0.5) is 0 Å². The van der Waals surface area contributed by atoms with Gasteiger partial charge in [0.2, 0.25) is 5.91 Å². The van der Waals surface area contributed by atoms with Crippen molar-refractivity contribution in [1.29, 1.82) is 0 Å². The van der Waals surface area contributed by atoms with Crippen molar-refractivity contribution in [2.24, 2.45) is 5.10 Å². The second-order valence-electron chi connectivity index (χ2n) is 8.05. The third kappa shape index (κ3) is 6.58. The minimum Gasteiger partial charge on any atom is -0.494 e. The van der Waals surface area contributed by atoms with Crippen LogP contribution in [0.5, 0.6) is 11.5 Å². The van der Waals surface area contributed by atoms with Crippen molar-refractivity contribution in [3.05, 3.63) is 106 Å². The van der Waals surface area contributed by atoms with Gasteiger partial charge in [-0.1, -0.05) is 65.3 Å². The number of hydrogen-bond acceptors (Lipinski definition) is 5. The molecule has 0 fully saturated rings. The number of carbonyl (C=O) groups excluding carboxylic acids is 2. The molecule has 0 heterocycles. The summed E-state index contributed by atoms with van der Waals surface area (Å²) in [7, 11) is 0. The molecule has 4 aromatic carbocycles. The normalized spacial score (nSPS) is 10.9. The molecule has 0 saturated carbocycles. The number of amides is 1. The van der Waals surface area contributed by atoms with Crippen molar-refractivity contribution in [2.75, 3.05) is 6.61 Å². The first-order valence-corrected chi connectivity index (χ1v) is 12.4. The fourth-order valence-corrected chi connectivity index (χ4v) is 3.99. The van der Waals surface area contributed by atoms with Crippen molar-refractivity contribution < 1.29 is 19.1 Å². The summed E-state index contributed by atoms with van der Waals surface area (Å²) in [6, 6.07) is 25.8. The number of carbonyl (C=O) groups is 2. The third-order valence-corrected chi connectivity index (χ3v) is 5.85. The lowest BCUT2D eigenvalue weighted by Crippen LogP contribution is -2.20. The summed E-state index contributed by atoms with van der Waals surface area (Å²) in [6.07, 6.45) is 2.55. The highest BCUT2D eigenvalue weighted by Gasteiger charge is 2.12. The molecule has 0 saturated heterocycles. The topological polar surface area (TPSA) is 77.0 Å². The molecule has 0 radical (unpaired) electrons. The molecule has 1 N–H and O–H groups in total. The highest BCUT2D eigenvalue weighted by atomic mass is 79.9. The van der Waals surface area contributed by atoms with E-state index in [1.165, 1.54) is 6.21 Å². The van der Waals surface area contributed by atoms with Gasteiger partial charge in [0.25, 0.3) is 0 Å². The van der Waals surface area contributed by atoms with Crippen LogP contribution in [-0.4, -0.2) is 24.7 Å². The van der Waals surface area contributed by atoms with E-state index in [0.29, 0.717) is 29.2 Å². The molecular weight excluding hydrogens is 520 g/mol. The molecule has 4 rings (SSSR count). The van der Waals surface area contributed by atoms with Crippen LogP contribution < -0.4 is 14.9 Å². The number of rotatable bonds is 9. The Morgan fingerprint density at radius 3 is 2.56 bits per heavy atom. The minimum atomic E-state index is -0.506. The molecule has 0 atom stereocenters. The highest BCUT2D eigenvalue weighted by molar-refractivity contribution is 9.10. The lowest BCUT2D eigenvalue weighted by molar-refractivity contribution is -0.120. The molecule has 0 aliphatic carbocycles. The molecule has 7 heteroatoms. The van der Waals surface area contributed by atoms with E-state index in [4.69, 9.17) is 9.47 Å². The summed E-state index contributed by atoms with van der Waals surface area (Å²) < 4.78 is 11.9. The molecule has 182 valence electrons. The molecule has 0 unspecified atom stereocenters. The van der Waals surface area contributed by atoms with Gasteiger partial charge in [0.1, 0.15) is 11.5 Å². The number of benzene rings is 4. The van der Waals surface area contributed by atoms with Crippen LogP contribution in [-0.2, 0) is 11.2 Å². The summed E-state index contributed by atoms with van der Waals surface area (Å²) in [5, 5.41) is 6.20. The van der Waals surface area contributed by atoms with E-state index >= 15 is 0 Å². The maximum Gasteiger partial charge on any atom is 0.343 e. The first-order valence-electron chi connectivity index (χ1n) is 11.6. The Labute approximate surface area is 218 Å². The van der Waals surface area contributed by atoms with Gasteiger partial charge in [-0.2, -0.15) is 5.10 Å². The van der Waals surface area contributed by atoms with Gasteiger partial charge in [0.05, 0.1) is 24.8 Å². The fourth-order valence-electron chi connectivity index (χ4n) is 3.61. The predicted molar refractivity (Wildman–Crippen MR) is 145 cm³/mol. The quantitative estimate of drug-likeness (QED) is 0.116. The van der Waals surface area contributed by atoms with Gasteiger partial charge in [-0.05, 0) is 65.2 Å². The van der Waals surface area contributed by atoms with Gasteiger partial charge in [0, 0.05) is 10.0 Å². The fraction of sp³-hybridized carbons (Fsp3) is 0.138. The van der Waals surface area contributed by atoms with Crippen molar-refractivity contribution in [3.8, 4) is 11.5 Å². The van der Waals surface area contributed by atoms with Crippen molar-refractivity contribution >= 4 is 44.8 Å². The molecule has 36 heavy (non-hydrogen) atoms. The maximum absolute atomic E-state index is 12.7. The van der Waals surface area contributed by atoms with Crippen LogP contribution in [0.25, 0.3) is 10.8 Å². The van der Waals surface area contributed by atoms with E-state index in [2.05, 4.69) is 26.5 Å². The van der Waals surface area contributed by atoms with Crippen LogP contribution in [0.3, 0.4) is 0 Å². The number of ether oxygens (including phenoxy) is 2. The minimum absolute atomic E-state index is 0.191. The van der Waals surface area contributed by atoms with E-state index < -0.39 is 5.97 Å². The van der Waals surface area contributed by atoms with Gasteiger partial charge in [0.15, 0.2) is 0 Å². The lowest BCUT2D eigenvalue weighted by Gasteiger charge is -2.09. The van der Waals surface area contributed by atoms with Gasteiger partial charge in [-0.15, -0.1) is 0 Å².